The number of likely N-dealkylation sites (tertiary alicyclic amines) is 1. The van der Waals surface area contributed by atoms with Crippen molar-refractivity contribution in [3.8, 4) is 0 Å². The van der Waals surface area contributed by atoms with E-state index in [1.165, 1.54) is 19.2 Å². The summed E-state index contributed by atoms with van der Waals surface area (Å²) in [6.45, 7) is 5.37. The van der Waals surface area contributed by atoms with Gasteiger partial charge >= 0.3 is 12.1 Å². The summed E-state index contributed by atoms with van der Waals surface area (Å²) in [6, 6.07) is 6.38. The summed E-state index contributed by atoms with van der Waals surface area (Å²) >= 11 is 0. The second-order valence-electron chi connectivity index (χ2n) is 9.28. The number of benzene rings is 1. The van der Waals surface area contributed by atoms with E-state index in [1.807, 2.05) is 17.9 Å². The number of piperidine rings is 1. The summed E-state index contributed by atoms with van der Waals surface area (Å²) in [7, 11) is 1.30. The smallest absolute Gasteiger partial charge is 0.406 e. The number of ether oxygens (including phenoxy) is 3. The van der Waals surface area contributed by atoms with Crippen LogP contribution < -0.4 is 10.6 Å². The molecule has 8 nitrogen and oxygen atoms in total. The zero-order valence-corrected chi connectivity index (χ0v) is 20.3. The molecule has 190 valence electrons. The molecule has 3 rings (SSSR count). The van der Waals surface area contributed by atoms with Gasteiger partial charge in [-0.1, -0.05) is 12.1 Å². The second kappa shape index (κ2) is 13.5. The molecule has 2 saturated heterocycles. The molecule has 0 bridgehead atoms. The lowest BCUT2D eigenvalue weighted by Crippen LogP contribution is -2.49. The van der Waals surface area contributed by atoms with Gasteiger partial charge in [-0.15, -0.1) is 0 Å². The van der Waals surface area contributed by atoms with E-state index in [9.17, 15) is 14.0 Å². The molecule has 0 aromatic heterocycles. The number of alkyl carbamates (subject to hydrolysis) is 1. The van der Waals surface area contributed by atoms with Crippen LogP contribution in [0.4, 0.5) is 14.0 Å². The van der Waals surface area contributed by atoms with Crippen molar-refractivity contribution < 1.29 is 28.2 Å². The van der Waals surface area contributed by atoms with E-state index >= 15 is 0 Å². The number of hydrogen-bond acceptors (Lipinski definition) is 5. The monoisotopic (exact) mass is 479 g/mol. The van der Waals surface area contributed by atoms with Crippen molar-refractivity contribution in [2.75, 3.05) is 46.6 Å². The van der Waals surface area contributed by atoms with Crippen LogP contribution in [-0.2, 0) is 14.2 Å². The van der Waals surface area contributed by atoms with Crippen molar-refractivity contribution >= 4 is 12.1 Å². The van der Waals surface area contributed by atoms with Crippen LogP contribution in [0.3, 0.4) is 0 Å². The highest BCUT2D eigenvalue weighted by atomic mass is 19.1. The van der Waals surface area contributed by atoms with E-state index in [1.54, 1.807) is 6.07 Å². The van der Waals surface area contributed by atoms with Crippen molar-refractivity contribution in [2.24, 2.45) is 11.8 Å². The average Bonchev–Trinajstić information content (AvgIpc) is 2.84. The fraction of sp³-hybridized carbons (Fsp3) is 0.680. The van der Waals surface area contributed by atoms with Crippen molar-refractivity contribution in [3.05, 3.63) is 35.6 Å². The van der Waals surface area contributed by atoms with Crippen molar-refractivity contribution in [3.63, 3.8) is 0 Å². The first kappa shape index (κ1) is 26.2. The second-order valence-corrected chi connectivity index (χ2v) is 9.28. The first-order chi connectivity index (χ1) is 16.5. The van der Waals surface area contributed by atoms with Gasteiger partial charge in [-0.25, -0.2) is 14.0 Å². The first-order valence-corrected chi connectivity index (χ1v) is 12.3. The fourth-order valence-corrected chi connectivity index (χ4v) is 4.90. The lowest BCUT2D eigenvalue weighted by atomic mass is 9.88. The zero-order chi connectivity index (χ0) is 24.3. The van der Waals surface area contributed by atoms with E-state index < -0.39 is 6.09 Å². The predicted octanol–water partition coefficient (Wildman–Crippen LogP) is 3.87. The van der Waals surface area contributed by atoms with Gasteiger partial charge in [0.05, 0.1) is 19.8 Å². The van der Waals surface area contributed by atoms with Gasteiger partial charge in [0.25, 0.3) is 0 Å². The third kappa shape index (κ3) is 8.13. The summed E-state index contributed by atoms with van der Waals surface area (Å²) in [5.41, 5.74) is 0.732. The Morgan fingerprint density at radius 3 is 2.88 bits per heavy atom. The van der Waals surface area contributed by atoms with Gasteiger partial charge in [-0.3, -0.25) is 0 Å². The van der Waals surface area contributed by atoms with E-state index in [0.717, 1.165) is 50.9 Å². The third-order valence-electron chi connectivity index (χ3n) is 6.52. The SMILES string of the molecule is COC(=O)NCCO[C@@H](c1cccc(F)c1)[C@@H]1CCCN(C(=O)N[C@H](C)CC2CCCOC2)C1. The van der Waals surface area contributed by atoms with Crippen LogP contribution in [0, 0.1) is 17.7 Å². The molecule has 1 unspecified atom stereocenters. The van der Waals surface area contributed by atoms with Crippen molar-refractivity contribution in [2.45, 2.75) is 51.2 Å². The summed E-state index contributed by atoms with van der Waals surface area (Å²) in [5.74, 6) is 0.175. The van der Waals surface area contributed by atoms with E-state index in [0.29, 0.717) is 19.0 Å². The molecule has 9 heteroatoms. The number of nitrogens with one attached hydrogen (secondary N) is 2. The van der Waals surface area contributed by atoms with Gasteiger partial charge in [0, 0.05) is 44.8 Å². The molecule has 2 heterocycles. The molecule has 2 aliphatic heterocycles. The lowest BCUT2D eigenvalue weighted by Gasteiger charge is -2.37. The molecule has 2 fully saturated rings. The summed E-state index contributed by atoms with van der Waals surface area (Å²) < 4.78 is 30.2. The highest BCUT2D eigenvalue weighted by molar-refractivity contribution is 5.74. The average molecular weight is 480 g/mol. The number of nitrogens with zero attached hydrogens (tertiary/aromatic N) is 1. The van der Waals surface area contributed by atoms with Crippen LogP contribution in [0.2, 0.25) is 0 Å². The molecule has 1 aromatic rings. The summed E-state index contributed by atoms with van der Waals surface area (Å²) in [6.07, 6.45) is 3.93. The highest BCUT2D eigenvalue weighted by Crippen LogP contribution is 2.33. The van der Waals surface area contributed by atoms with E-state index in [4.69, 9.17) is 9.47 Å². The number of amides is 3. The van der Waals surface area contributed by atoms with Crippen LogP contribution in [0.5, 0.6) is 0 Å². The molecule has 2 N–H and O–H groups in total. The Labute approximate surface area is 201 Å². The molecule has 34 heavy (non-hydrogen) atoms. The molecule has 2 aliphatic rings. The Bertz CT molecular complexity index is 790. The molecule has 0 saturated carbocycles. The van der Waals surface area contributed by atoms with Crippen LogP contribution >= 0.6 is 0 Å². The molecular formula is C25H38FN3O5. The van der Waals surface area contributed by atoms with Crippen LogP contribution in [-0.4, -0.2) is 69.6 Å². The number of halogens is 1. The van der Waals surface area contributed by atoms with Gasteiger partial charge in [0.15, 0.2) is 0 Å². The predicted molar refractivity (Wildman–Crippen MR) is 126 cm³/mol. The van der Waals surface area contributed by atoms with E-state index in [-0.39, 0.29) is 43.1 Å². The number of rotatable bonds is 9. The molecule has 4 atom stereocenters. The Hall–Kier alpha value is -2.39. The van der Waals surface area contributed by atoms with Crippen LogP contribution in [0.1, 0.15) is 50.7 Å². The number of carbonyl (C=O) groups is 2. The molecule has 0 radical (unpaired) electrons. The van der Waals surface area contributed by atoms with Crippen LogP contribution in [0.15, 0.2) is 24.3 Å². The maximum atomic E-state index is 14.0. The number of urea groups is 1. The summed E-state index contributed by atoms with van der Waals surface area (Å²) in [5, 5.41) is 5.74. The third-order valence-corrected chi connectivity index (χ3v) is 6.52. The number of carbonyl (C=O) groups excluding carboxylic acids is 2. The first-order valence-electron chi connectivity index (χ1n) is 12.3. The topological polar surface area (TPSA) is 89.1 Å². The molecule has 0 aliphatic carbocycles. The van der Waals surface area contributed by atoms with Crippen LogP contribution in [0.25, 0.3) is 0 Å². The Morgan fingerprint density at radius 1 is 1.29 bits per heavy atom. The largest absolute Gasteiger partial charge is 0.453 e. The van der Waals surface area contributed by atoms with Crippen molar-refractivity contribution in [1.82, 2.24) is 15.5 Å². The number of hydrogen-bond donors (Lipinski definition) is 2. The maximum absolute atomic E-state index is 14.0. The Kier molecular flexibility index (Phi) is 10.4. The Morgan fingerprint density at radius 2 is 2.15 bits per heavy atom. The maximum Gasteiger partial charge on any atom is 0.406 e. The minimum atomic E-state index is -0.527. The standard InChI is InChI=1S/C25H38FN3O5/c1-18(14-19-6-5-12-33-17-19)28-24(30)29-11-4-8-21(16-29)23(20-7-3-9-22(26)15-20)34-13-10-27-25(31)32-2/h3,7,9,15,18-19,21,23H,4-6,8,10-14,16-17H2,1-2H3,(H,27,31)(H,28,30)/t18-,19?,21-,23+/m1/s1. The van der Waals surface area contributed by atoms with Gasteiger partial charge in [-0.2, -0.15) is 0 Å². The molecular weight excluding hydrogens is 441 g/mol. The zero-order valence-electron chi connectivity index (χ0n) is 20.3. The lowest BCUT2D eigenvalue weighted by molar-refractivity contribution is -0.00885. The molecule has 3 amide bonds. The Balaban J connectivity index is 1.58. The quantitative estimate of drug-likeness (QED) is 0.525. The molecule has 0 spiro atoms. The minimum absolute atomic E-state index is 0.0153. The van der Waals surface area contributed by atoms with E-state index in [2.05, 4.69) is 15.4 Å². The van der Waals surface area contributed by atoms with Gasteiger partial charge in [-0.05, 0) is 62.6 Å². The molecule has 1 aromatic carbocycles. The van der Waals surface area contributed by atoms with Gasteiger partial charge < -0.3 is 29.7 Å². The van der Waals surface area contributed by atoms with Gasteiger partial charge in [0.1, 0.15) is 5.82 Å². The number of methoxy groups -OCH3 is 1. The summed E-state index contributed by atoms with van der Waals surface area (Å²) in [4.78, 5) is 26.1. The normalized spacial score (nSPS) is 22.5. The van der Waals surface area contributed by atoms with Gasteiger partial charge in [0.2, 0.25) is 0 Å². The minimum Gasteiger partial charge on any atom is -0.453 e. The van der Waals surface area contributed by atoms with Crippen molar-refractivity contribution in [1.29, 1.82) is 0 Å². The highest BCUT2D eigenvalue weighted by Gasteiger charge is 2.32. The fourth-order valence-electron chi connectivity index (χ4n) is 4.90.